The second kappa shape index (κ2) is 8.04. The van der Waals surface area contributed by atoms with Crippen LogP contribution in [0.3, 0.4) is 0 Å². The maximum atomic E-state index is 12.4. The molecule has 0 spiro atoms. The Morgan fingerprint density at radius 2 is 2.42 bits per heavy atom. The van der Waals surface area contributed by atoms with Crippen molar-refractivity contribution in [2.75, 3.05) is 40.0 Å². The Balaban J connectivity index is 1.54. The minimum absolute atomic E-state index is 0.0903. The quantitative estimate of drug-likeness (QED) is 0.609. The van der Waals surface area contributed by atoms with Gasteiger partial charge in [-0.05, 0) is 25.3 Å². The number of nitrogens with one attached hydrogen (secondary N) is 1. The van der Waals surface area contributed by atoms with Gasteiger partial charge in [-0.25, -0.2) is 0 Å². The fourth-order valence-corrected chi connectivity index (χ4v) is 3.91. The normalized spacial score (nSPS) is 28.9. The van der Waals surface area contributed by atoms with Gasteiger partial charge in [-0.3, -0.25) is 14.4 Å². The van der Waals surface area contributed by atoms with Crippen LogP contribution in [0.25, 0.3) is 0 Å². The molecule has 3 saturated heterocycles. The van der Waals surface area contributed by atoms with Crippen LogP contribution in [0.15, 0.2) is 6.20 Å². The van der Waals surface area contributed by atoms with E-state index in [4.69, 9.17) is 9.84 Å². The molecular weight excluding hydrogens is 310 g/mol. The van der Waals surface area contributed by atoms with Crippen LogP contribution in [0, 0.1) is 11.8 Å². The van der Waals surface area contributed by atoms with Gasteiger partial charge in [0.05, 0.1) is 24.8 Å². The van der Waals surface area contributed by atoms with Crippen molar-refractivity contribution < 1.29 is 14.6 Å². The zero-order valence-corrected chi connectivity index (χ0v) is 14.2. The Morgan fingerprint density at radius 3 is 3.12 bits per heavy atom. The molecule has 0 radical (unpaired) electrons. The monoisotopic (exact) mass is 337 g/mol. The van der Waals surface area contributed by atoms with Gasteiger partial charge in [0.15, 0.2) is 0 Å². The summed E-state index contributed by atoms with van der Waals surface area (Å²) in [6, 6.07) is 0.412. The summed E-state index contributed by atoms with van der Waals surface area (Å²) in [6.07, 6.45) is 4.57. The summed E-state index contributed by atoms with van der Waals surface area (Å²) < 4.78 is 6.85. The first-order chi connectivity index (χ1) is 11.7. The lowest BCUT2D eigenvalue weighted by molar-refractivity contribution is -0.133. The maximum Gasteiger partial charge on any atom is 0.224 e. The van der Waals surface area contributed by atoms with Crippen LogP contribution in [0.2, 0.25) is 0 Å². The average molecular weight is 337 g/mol. The Labute approximate surface area is 142 Å². The van der Waals surface area contributed by atoms with E-state index in [1.165, 1.54) is 0 Å². The molecule has 4 rings (SSSR count). The number of carbonyl (C=O) groups excluding carboxylic acids is 1. The van der Waals surface area contributed by atoms with E-state index in [9.17, 15) is 4.79 Å². The highest BCUT2D eigenvalue weighted by Crippen LogP contribution is 2.36. The topological polar surface area (TPSA) is 92.5 Å². The lowest BCUT2D eigenvalue weighted by Crippen LogP contribution is -2.58. The van der Waals surface area contributed by atoms with Gasteiger partial charge in [0.2, 0.25) is 5.91 Å². The molecule has 1 aromatic rings. The Hall–Kier alpha value is -1.51. The molecule has 2 N–H and O–H groups in total. The van der Waals surface area contributed by atoms with Crippen LogP contribution in [0.4, 0.5) is 0 Å². The molecular formula is C16H27N5O3. The third kappa shape index (κ3) is 3.93. The van der Waals surface area contributed by atoms with Gasteiger partial charge < -0.3 is 15.2 Å². The van der Waals surface area contributed by atoms with Crippen molar-refractivity contribution in [2.45, 2.75) is 31.8 Å². The molecule has 2 bridgehead atoms. The van der Waals surface area contributed by atoms with Crippen LogP contribution in [-0.2, 0) is 22.5 Å². The number of carbonyl (C=O) groups is 1. The molecule has 4 heterocycles. The van der Waals surface area contributed by atoms with Crippen molar-refractivity contribution in [1.29, 1.82) is 0 Å². The number of rotatable bonds is 8. The summed E-state index contributed by atoms with van der Waals surface area (Å²) in [5.74, 6) is 0.696. The highest BCUT2D eigenvalue weighted by atomic mass is 16.5. The first-order valence-electron chi connectivity index (χ1n) is 8.71. The van der Waals surface area contributed by atoms with Gasteiger partial charge in [-0.15, -0.1) is 5.10 Å². The lowest BCUT2D eigenvalue weighted by Gasteiger charge is -2.49. The highest BCUT2D eigenvalue weighted by Gasteiger charge is 2.43. The van der Waals surface area contributed by atoms with Crippen LogP contribution in [0.5, 0.6) is 0 Å². The van der Waals surface area contributed by atoms with E-state index in [-0.39, 0.29) is 18.4 Å². The number of piperidine rings is 3. The van der Waals surface area contributed by atoms with E-state index in [0.717, 1.165) is 38.2 Å². The predicted molar refractivity (Wildman–Crippen MR) is 87.3 cm³/mol. The van der Waals surface area contributed by atoms with Crippen LogP contribution >= 0.6 is 0 Å². The van der Waals surface area contributed by atoms with Crippen molar-refractivity contribution in [3.8, 4) is 0 Å². The maximum absolute atomic E-state index is 12.4. The molecule has 8 heteroatoms. The predicted octanol–water partition coefficient (Wildman–Crippen LogP) is -0.714. The van der Waals surface area contributed by atoms with E-state index < -0.39 is 0 Å². The van der Waals surface area contributed by atoms with E-state index >= 15 is 0 Å². The summed E-state index contributed by atoms with van der Waals surface area (Å²) in [4.78, 5) is 14.8. The largest absolute Gasteiger partial charge is 0.396 e. The zero-order valence-electron chi connectivity index (χ0n) is 14.2. The molecule has 3 aliphatic rings. The Morgan fingerprint density at radius 1 is 1.54 bits per heavy atom. The molecule has 1 amide bonds. The standard InChI is InChI=1S/C16H27N5O3/c1-24-7-4-17-16(23)15-11-20-5-2-12(15)8-14(20)10-21-9-13(3-6-22)18-19-21/h9,12,14-15,22H,2-8,10-11H2,1H3,(H,17,23)/t12-,14+,15-/m0/s1. The van der Waals surface area contributed by atoms with Crippen LogP contribution in [-0.4, -0.2) is 76.9 Å². The van der Waals surface area contributed by atoms with E-state index in [1.54, 1.807) is 7.11 Å². The summed E-state index contributed by atoms with van der Waals surface area (Å²) in [5.41, 5.74) is 0.823. The number of aromatic nitrogens is 3. The van der Waals surface area contributed by atoms with Crippen molar-refractivity contribution in [3.05, 3.63) is 11.9 Å². The minimum atomic E-state index is 0.0903. The van der Waals surface area contributed by atoms with Crippen molar-refractivity contribution in [3.63, 3.8) is 0 Å². The van der Waals surface area contributed by atoms with Gasteiger partial charge in [0, 0.05) is 45.5 Å². The molecule has 24 heavy (non-hydrogen) atoms. The molecule has 1 unspecified atom stereocenters. The number of methoxy groups -OCH3 is 1. The van der Waals surface area contributed by atoms with Gasteiger partial charge >= 0.3 is 0 Å². The Kier molecular flexibility index (Phi) is 5.80. The summed E-state index contributed by atoms with van der Waals surface area (Å²) >= 11 is 0. The molecule has 3 aliphatic heterocycles. The van der Waals surface area contributed by atoms with Crippen LogP contribution in [0.1, 0.15) is 18.5 Å². The summed E-state index contributed by atoms with van der Waals surface area (Å²) in [7, 11) is 1.64. The number of ether oxygens (including phenoxy) is 1. The van der Waals surface area contributed by atoms with Gasteiger partial charge in [-0.1, -0.05) is 5.21 Å². The lowest BCUT2D eigenvalue weighted by atomic mass is 9.75. The smallest absolute Gasteiger partial charge is 0.224 e. The molecule has 3 fully saturated rings. The molecule has 134 valence electrons. The average Bonchev–Trinajstić information content (AvgIpc) is 3.03. The van der Waals surface area contributed by atoms with E-state index in [0.29, 0.717) is 31.5 Å². The third-order valence-electron chi connectivity index (χ3n) is 5.17. The second-order valence-electron chi connectivity index (χ2n) is 6.73. The molecule has 8 nitrogen and oxygen atoms in total. The Bertz CT molecular complexity index is 550. The van der Waals surface area contributed by atoms with Crippen molar-refractivity contribution in [1.82, 2.24) is 25.2 Å². The first-order valence-corrected chi connectivity index (χ1v) is 8.71. The number of hydrogen-bond donors (Lipinski definition) is 2. The molecule has 0 aliphatic carbocycles. The molecule has 0 aromatic carbocycles. The fourth-order valence-electron chi connectivity index (χ4n) is 3.91. The van der Waals surface area contributed by atoms with Crippen LogP contribution < -0.4 is 5.32 Å². The van der Waals surface area contributed by atoms with E-state index in [2.05, 4.69) is 20.5 Å². The zero-order chi connectivity index (χ0) is 16.9. The highest BCUT2D eigenvalue weighted by molar-refractivity contribution is 5.79. The second-order valence-corrected chi connectivity index (χ2v) is 6.73. The first kappa shape index (κ1) is 17.3. The number of aliphatic hydroxyl groups excluding tert-OH is 1. The fraction of sp³-hybridized carbons (Fsp3) is 0.812. The number of nitrogens with zero attached hydrogens (tertiary/aromatic N) is 4. The number of amides is 1. The van der Waals surface area contributed by atoms with Crippen molar-refractivity contribution >= 4 is 5.91 Å². The van der Waals surface area contributed by atoms with Crippen molar-refractivity contribution in [2.24, 2.45) is 11.8 Å². The SMILES string of the molecule is COCCNC(=O)[C@H]1CN2CC[C@H]1C[C@@H]2Cn1cc(CCO)nn1. The van der Waals surface area contributed by atoms with Gasteiger partial charge in [0.25, 0.3) is 0 Å². The van der Waals surface area contributed by atoms with E-state index in [1.807, 2.05) is 10.9 Å². The minimum Gasteiger partial charge on any atom is -0.396 e. The third-order valence-corrected chi connectivity index (χ3v) is 5.17. The summed E-state index contributed by atoms with van der Waals surface area (Å²) in [6.45, 7) is 3.90. The van der Waals surface area contributed by atoms with Gasteiger partial charge in [0.1, 0.15) is 0 Å². The summed E-state index contributed by atoms with van der Waals surface area (Å²) in [5, 5.41) is 20.2. The number of hydrogen-bond acceptors (Lipinski definition) is 6. The molecule has 4 atom stereocenters. The number of fused-ring (bicyclic) bond motifs is 3. The molecule has 1 aromatic heterocycles. The molecule has 0 saturated carbocycles. The number of aliphatic hydroxyl groups is 1. The van der Waals surface area contributed by atoms with Gasteiger partial charge in [-0.2, -0.15) is 0 Å².